The van der Waals surface area contributed by atoms with Crippen LogP contribution in [0, 0.1) is 0 Å². The Kier molecular flexibility index (Phi) is 5.10. The topological polar surface area (TPSA) is 79.4 Å². The van der Waals surface area contributed by atoms with Crippen molar-refractivity contribution in [3.8, 4) is 0 Å². The fraction of sp³-hybridized carbons (Fsp3) is 0.333. The smallest absolute Gasteiger partial charge is 0.244 e. The standard InChI is InChI=1S/C15H19N3O3S/c1-3-16-15(19)11-18(4-2)22(20,21)14-9-5-8-13-12(14)7-6-10-17-13/h5-10H,3-4,11H2,1-2H3,(H,16,19). The molecule has 0 aliphatic carbocycles. The number of carbonyl (C=O) groups is 1. The molecule has 0 aliphatic heterocycles. The highest BCUT2D eigenvalue weighted by molar-refractivity contribution is 7.89. The normalized spacial score (nSPS) is 11.8. The minimum absolute atomic E-state index is 0.171. The molecule has 7 heteroatoms. The first-order chi connectivity index (χ1) is 10.5. The van der Waals surface area contributed by atoms with Crippen LogP contribution in [0.3, 0.4) is 0 Å². The van der Waals surface area contributed by atoms with E-state index >= 15 is 0 Å². The molecule has 0 saturated heterocycles. The Hall–Kier alpha value is -1.99. The molecule has 1 heterocycles. The molecular formula is C15H19N3O3S. The number of pyridine rings is 1. The second-order valence-corrected chi connectivity index (χ2v) is 6.62. The molecule has 1 aromatic carbocycles. The molecular weight excluding hydrogens is 302 g/mol. The zero-order valence-corrected chi connectivity index (χ0v) is 13.4. The first kappa shape index (κ1) is 16.4. The summed E-state index contributed by atoms with van der Waals surface area (Å²) in [5.74, 6) is -0.314. The molecule has 1 N–H and O–H groups in total. The molecule has 22 heavy (non-hydrogen) atoms. The summed E-state index contributed by atoms with van der Waals surface area (Å²) in [5.41, 5.74) is 0.609. The van der Waals surface area contributed by atoms with Gasteiger partial charge in [0.1, 0.15) is 0 Å². The number of rotatable bonds is 6. The van der Waals surface area contributed by atoms with Gasteiger partial charge in [0.25, 0.3) is 0 Å². The van der Waals surface area contributed by atoms with Gasteiger partial charge in [-0.05, 0) is 31.2 Å². The van der Waals surface area contributed by atoms with Crippen LogP contribution in [0.25, 0.3) is 10.9 Å². The molecule has 0 unspecified atom stereocenters. The molecule has 0 aliphatic rings. The fourth-order valence-corrected chi connectivity index (χ4v) is 3.83. The second-order valence-electron chi connectivity index (χ2n) is 4.71. The largest absolute Gasteiger partial charge is 0.355 e. The lowest BCUT2D eigenvalue weighted by molar-refractivity contribution is -0.121. The molecule has 2 aromatic rings. The van der Waals surface area contributed by atoms with Crippen LogP contribution in [0.2, 0.25) is 0 Å². The van der Waals surface area contributed by atoms with E-state index in [0.717, 1.165) is 0 Å². The third kappa shape index (κ3) is 3.26. The molecule has 0 saturated carbocycles. The number of hydrogen-bond acceptors (Lipinski definition) is 4. The van der Waals surface area contributed by atoms with E-state index in [1.807, 2.05) is 0 Å². The summed E-state index contributed by atoms with van der Waals surface area (Å²) in [6, 6.07) is 8.37. The van der Waals surface area contributed by atoms with Gasteiger partial charge in [0.15, 0.2) is 0 Å². The minimum atomic E-state index is -3.76. The van der Waals surface area contributed by atoms with Crippen molar-refractivity contribution in [1.82, 2.24) is 14.6 Å². The van der Waals surface area contributed by atoms with Crippen LogP contribution < -0.4 is 5.32 Å². The van der Waals surface area contributed by atoms with E-state index in [9.17, 15) is 13.2 Å². The van der Waals surface area contributed by atoms with E-state index in [0.29, 0.717) is 17.4 Å². The van der Waals surface area contributed by atoms with Crippen LogP contribution in [-0.2, 0) is 14.8 Å². The lowest BCUT2D eigenvalue weighted by Gasteiger charge is -2.20. The number of hydrogen-bond donors (Lipinski definition) is 1. The minimum Gasteiger partial charge on any atom is -0.355 e. The van der Waals surface area contributed by atoms with Gasteiger partial charge in [-0.2, -0.15) is 4.31 Å². The average molecular weight is 321 g/mol. The number of carbonyl (C=O) groups excluding carboxylic acids is 1. The number of fused-ring (bicyclic) bond motifs is 1. The quantitative estimate of drug-likeness (QED) is 0.872. The number of nitrogens with one attached hydrogen (secondary N) is 1. The van der Waals surface area contributed by atoms with Gasteiger partial charge in [0, 0.05) is 24.7 Å². The van der Waals surface area contributed by atoms with Crippen molar-refractivity contribution < 1.29 is 13.2 Å². The summed E-state index contributed by atoms with van der Waals surface area (Å²) in [6.45, 7) is 3.99. The molecule has 1 aromatic heterocycles. The highest BCUT2D eigenvalue weighted by Gasteiger charge is 2.26. The molecule has 0 fully saturated rings. The van der Waals surface area contributed by atoms with Gasteiger partial charge in [-0.15, -0.1) is 0 Å². The third-order valence-corrected chi connectivity index (χ3v) is 5.25. The Morgan fingerprint density at radius 2 is 2.00 bits per heavy atom. The van der Waals surface area contributed by atoms with Crippen LogP contribution in [-0.4, -0.2) is 43.2 Å². The molecule has 0 atom stereocenters. The van der Waals surface area contributed by atoms with E-state index in [2.05, 4.69) is 10.3 Å². The molecule has 1 amide bonds. The molecule has 2 rings (SSSR count). The van der Waals surface area contributed by atoms with E-state index < -0.39 is 10.0 Å². The zero-order chi connectivity index (χ0) is 16.2. The van der Waals surface area contributed by atoms with E-state index in [1.54, 1.807) is 50.4 Å². The van der Waals surface area contributed by atoms with Gasteiger partial charge in [-0.1, -0.05) is 13.0 Å². The molecule has 6 nitrogen and oxygen atoms in total. The second kappa shape index (κ2) is 6.85. The van der Waals surface area contributed by atoms with Crippen LogP contribution >= 0.6 is 0 Å². The Balaban J connectivity index is 2.44. The van der Waals surface area contributed by atoms with Crippen molar-refractivity contribution >= 4 is 26.8 Å². The Bertz CT molecular complexity index is 769. The predicted molar refractivity (Wildman–Crippen MR) is 84.9 cm³/mol. The van der Waals surface area contributed by atoms with E-state index in [4.69, 9.17) is 0 Å². The maximum atomic E-state index is 12.8. The third-order valence-electron chi connectivity index (χ3n) is 3.27. The van der Waals surface area contributed by atoms with Crippen molar-refractivity contribution in [3.63, 3.8) is 0 Å². The summed E-state index contributed by atoms with van der Waals surface area (Å²) < 4.78 is 26.8. The lowest BCUT2D eigenvalue weighted by Crippen LogP contribution is -2.40. The van der Waals surface area contributed by atoms with Crippen molar-refractivity contribution in [2.75, 3.05) is 19.6 Å². The van der Waals surface area contributed by atoms with Crippen molar-refractivity contribution in [2.45, 2.75) is 18.7 Å². The number of aromatic nitrogens is 1. The summed E-state index contributed by atoms with van der Waals surface area (Å²) >= 11 is 0. The number of benzene rings is 1. The molecule has 0 bridgehead atoms. The molecule has 118 valence electrons. The highest BCUT2D eigenvalue weighted by atomic mass is 32.2. The zero-order valence-electron chi connectivity index (χ0n) is 12.6. The number of nitrogens with zero attached hydrogens (tertiary/aromatic N) is 2. The number of likely N-dealkylation sites (N-methyl/N-ethyl adjacent to an activating group) is 2. The van der Waals surface area contributed by atoms with Crippen LogP contribution in [0.1, 0.15) is 13.8 Å². The highest BCUT2D eigenvalue weighted by Crippen LogP contribution is 2.24. The molecule has 0 radical (unpaired) electrons. The average Bonchev–Trinajstić information content (AvgIpc) is 2.52. The lowest BCUT2D eigenvalue weighted by atomic mass is 10.2. The van der Waals surface area contributed by atoms with Gasteiger partial charge in [-0.3, -0.25) is 9.78 Å². The maximum Gasteiger partial charge on any atom is 0.244 e. The van der Waals surface area contributed by atoms with Crippen molar-refractivity contribution in [2.24, 2.45) is 0 Å². The van der Waals surface area contributed by atoms with Crippen molar-refractivity contribution in [3.05, 3.63) is 36.5 Å². The van der Waals surface area contributed by atoms with Gasteiger partial charge >= 0.3 is 0 Å². The van der Waals surface area contributed by atoms with E-state index in [1.165, 1.54) is 4.31 Å². The monoisotopic (exact) mass is 321 g/mol. The van der Waals surface area contributed by atoms with Crippen LogP contribution in [0.15, 0.2) is 41.4 Å². The number of sulfonamides is 1. The van der Waals surface area contributed by atoms with Crippen LogP contribution in [0.5, 0.6) is 0 Å². The van der Waals surface area contributed by atoms with Gasteiger partial charge < -0.3 is 5.32 Å². The van der Waals surface area contributed by atoms with Gasteiger partial charge in [0.2, 0.25) is 15.9 Å². The predicted octanol–water partition coefficient (Wildman–Crippen LogP) is 1.38. The maximum absolute atomic E-state index is 12.8. The fourth-order valence-electron chi connectivity index (χ4n) is 2.22. The van der Waals surface area contributed by atoms with Crippen LogP contribution in [0.4, 0.5) is 0 Å². The summed E-state index contributed by atoms with van der Waals surface area (Å²) in [7, 11) is -3.76. The molecule has 0 spiro atoms. The van der Waals surface area contributed by atoms with Gasteiger partial charge in [-0.25, -0.2) is 8.42 Å². The SMILES string of the molecule is CCNC(=O)CN(CC)S(=O)(=O)c1cccc2ncccc12. The van der Waals surface area contributed by atoms with Gasteiger partial charge in [0.05, 0.1) is 17.0 Å². The van der Waals surface area contributed by atoms with Crippen molar-refractivity contribution in [1.29, 1.82) is 0 Å². The summed E-state index contributed by atoms with van der Waals surface area (Å²) in [4.78, 5) is 16.1. The van der Waals surface area contributed by atoms with E-state index in [-0.39, 0.29) is 23.9 Å². The first-order valence-corrected chi connectivity index (χ1v) is 8.55. The first-order valence-electron chi connectivity index (χ1n) is 7.11. The summed E-state index contributed by atoms with van der Waals surface area (Å²) in [6.07, 6.45) is 1.62. The Morgan fingerprint density at radius 1 is 1.23 bits per heavy atom. The summed E-state index contributed by atoms with van der Waals surface area (Å²) in [5, 5.41) is 3.17. The number of amides is 1. The Morgan fingerprint density at radius 3 is 2.68 bits per heavy atom. The Labute approximate surface area is 130 Å².